The SMILES string of the molecule is COC(=O)c1cc2ccc(OC3CCC3)nc2n1SI. The fraction of sp³-hybridized carbons (Fsp3) is 0.385. The topological polar surface area (TPSA) is 53.4 Å². The van der Waals surface area contributed by atoms with Crippen LogP contribution in [0.3, 0.4) is 0 Å². The van der Waals surface area contributed by atoms with E-state index in [1.54, 1.807) is 10.0 Å². The predicted molar refractivity (Wildman–Crippen MR) is 86.3 cm³/mol. The molecule has 0 amide bonds. The van der Waals surface area contributed by atoms with Gasteiger partial charge in [-0.3, -0.25) is 3.97 Å². The van der Waals surface area contributed by atoms with Crippen molar-refractivity contribution in [1.29, 1.82) is 0 Å². The number of halogens is 1. The summed E-state index contributed by atoms with van der Waals surface area (Å²) in [7, 11) is 2.77. The van der Waals surface area contributed by atoms with Crippen molar-refractivity contribution in [2.75, 3.05) is 7.11 Å². The molecule has 0 bridgehead atoms. The number of pyridine rings is 1. The van der Waals surface area contributed by atoms with E-state index in [0.717, 1.165) is 23.9 Å². The van der Waals surface area contributed by atoms with E-state index in [1.807, 2.05) is 12.1 Å². The van der Waals surface area contributed by atoms with Crippen LogP contribution in [0.1, 0.15) is 29.8 Å². The average Bonchev–Trinajstić information content (AvgIpc) is 2.79. The molecule has 0 N–H and O–H groups in total. The highest BCUT2D eigenvalue weighted by Gasteiger charge is 2.21. The van der Waals surface area contributed by atoms with Crippen molar-refractivity contribution in [3.63, 3.8) is 0 Å². The van der Waals surface area contributed by atoms with Crippen molar-refractivity contribution in [3.8, 4) is 5.88 Å². The number of hydrogen-bond donors (Lipinski definition) is 0. The molecule has 0 aliphatic heterocycles. The number of nitrogens with zero attached hydrogens (tertiary/aromatic N) is 2. The van der Waals surface area contributed by atoms with Crippen molar-refractivity contribution < 1.29 is 14.3 Å². The Morgan fingerprint density at radius 3 is 2.90 bits per heavy atom. The van der Waals surface area contributed by atoms with Gasteiger partial charge in [-0.1, -0.05) is 0 Å². The van der Waals surface area contributed by atoms with E-state index in [4.69, 9.17) is 9.47 Å². The molecular formula is C13H13IN2O3S. The van der Waals surface area contributed by atoms with E-state index in [1.165, 1.54) is 22.6 Å². The summed E-state index contributed by atoms with van der Waals surface area (Å²) in [4.78, 5) is 16.3. The van der Waals surface area contributed by atoms with E-state index in [-0.39, 0.29) is 12.1 Å². The van der Waals surface area contributed by atoms with Gasteiger partial charge in [-0.25, -0.2) is 4.79 Å². The zero-order chi connectivity index (χ0) is 14.1. The minimum atomic E-state index is -0.367. The van der Waals surface area contributed by atoms with Gasteiger partial charge in [0.1, 0.15) is 11.8 Å². The molecule has 0 unspecified atom stereocenters. The van der Waals surface area contributed by atoms with Crippen LogP contribution in [0.25, 0.3) is 11.0 Å². The summed E-state index contributed by atoms with van der Waals surface area (Å²) < 4.78 is 12.4. The number of carbonyl (C=O) groups excluding carboxylic acids is 1. The molecule has 0 spiro atoms. The van der Waals surface area contributed by atoms with Crippen molar-refractivity contribution in [3.05, 3.63) is 23.9 Å². The van der Waals surface area contributed by atoms with Crippen LogP contribution >= 0.6 is 30.3 Å². The second-order valence-corrected chi connectivity index (χ2v) is 6.30. The van der Waals surface area contributed by atoms with Gasteiger partial charge in [0.05, 0.1) is 7.11 Å². The number of methoxy groups -OCH3 is 1. The first-order chi connectivity index (χ1) is 9.72. The van der Waals surface area contributed by atoms with Gasteiger partial charge in [0.25, 0.3) is 0 Å². The molecule has 2 aromatic rings. The van der Waals surface area contributed by atoms with Gasteiger partial charge in [-0.05, 0) is 31.4 Å². The first-order valence-electron chi connectivity index (χ1n) is 6.29. The van der Waals surface area contributed by atoms with Crippen molar-refractivity contribution >= 4 is 47.3 Å². The Kier molecular flexibility index (Phi) is 4.06. The van der Waals surface area contributed by atoms with Crippen molar-refractivity contribution in [2.45, 2.75) is 25.4 Å². The van der Waals surface area contributed by atoms with Crippen LogP contribution in [0.2, 0.25) is 0 Å². The molecule has 1 aliphatic rings. The highest BCUT2D eigenvalue weighted by atomic mass is 127. The number of hydrogen-bond acceptors (Lipinski definition) is 5. The highest BCUT2D eigenvalue weighted by Crippen LogP contribution is 2.30. The maximum Gasteiger partial charge on any atom is 0.355 e. The van der Waals surface area contributed by atoms with Crippen LogP contribution in [0.15, 0.2) is 18.2 Å². The molecule has 0 saturated heterocycles. The standard InChI is InChI=1S/C13H13IN2O3S/c1-18-13(17)10-7-8-5-6-11(19-9-3-2-4-9)15-12(8)16(10)20-14/h5-7,9H,2-4H2,1H3. The number of fused-ring (bicyclic) bond motifs is 1. The minimum Gasteiger partial charge on any atom is -0.474 e. The average molecular weight is 404 g/mol. The van der Waals surface area contributed by atoms with Crippen molar-refractivity contribution in [2.24, 2.45) is 0 Å². The second kappa shape index (κ2) is 5.80. The Labute approximate surface area is 132 Å². The molecule has 5 nitrogen and oxygen atoms in total. The van der Waals surface area contributed by atoms with Crippen LogP contribution in [-0.2, 0) is 4.74 Å². The van der Waals surface area contributed by atoms with Crippen LogP contribution in [0.5, 0.6) is 5.88 Å². The van der Waals surface area contributed by atoms with E-state index in [2.05, 4.69) is 26.2 Å². The number of carbonyl (C=O) groups is 1. The molecule has 1 aliphatic carbocycles. The van der Waals surface area contributed by atoms with E-state index in [9.17, 15) is 4.79 Å². The van der Waals surface area contributed by atoms with E-state index < -0.39 is 0 Å². The van der Waals surface area contributed by atoms with Gasteiger partial charge < -0.3 is 9.47 Å². The predicted octanol–water partition coefficient (Wildman–Crippen LogP) is 3.60. The lowest BCUT2D eigenvalue weighted by Gasteiger charge is -2.25. The van der Waals surface area contributed by atoms with Crippen LogP contribution in [-0.4, -0.2) is 28.1 Å². The van der Waals surface area contributed by atoms with Gasteiger partial charge in [0.2, 0.25) is 5.88 Å². The molecule has 0 radical (unpaired) electrons. The lowest BCUT2D eigenvalue weighted by molar-refractivity contribution is 0.0594. The molecule has 1 saturated carbocycles. The first kappa shape index (κ1) is 14.0. The molecule has 2 heterocycles. The molecule has 1 fully saturated rings. The normalized spacial score (nSPS) is 15.1. The van der Waals surface area contributed by atoms with Gasteiger partial charge in [-0.2, -0.15) is 4.98 Å². The van der Waals surface area contributed by atoms with Gasteiger partial charge in [-0.15, -0.1) is 0 Å². The highest BCUT2D eigenvalue weighted by molar-refractivity contribution is 14.2. The number of esters is 1. The number of aromatic nitrogens is 2. The smallest absolute Gasteiger partial charge is 0.355 e. The second-order valence-electron chi connectivity index (χ2n) is 4.62. The minimum absolute atomic E-state index is 0.288. The summed E-state index contributed by atoms with van der Waals surface area (Å²) in [6.45, 7) is 0. The Bertz CT molecular complexity index is 654. The van der Waals surface area contributed by atoms with E-state index >= 15 is 0 Å². The maximum atomic E-state index is 11.8. The molecule has 106 valence electrons. The maximum absolute atomic E-state index is 11.8. The molecule has 7 heteroatoms. The fourth-order valence-electron chi connectivity index (χ4n) is 2.08. The summed E-state index contributed by atoms with van der Waals surface area (Å²) in [6, 6.07) is 5.56. The fourth-order valence-corrected chi connectivity index (χ4v) is 3.69. The molecule has 3 rings (SSSR count). The largest absolute Gasteiger partial charge is 0.474 e. The molecule has 0 atom stereocenters. The molecule has 2 aromatic heterocycles. The van der Waals surface area contributed by atoms with Gasteiger partial charge in [0, 0.05) is 41.8 Å². The third-order valence-electron chi connectivity index (χ3n) is 3.39. The van der Waals surface area contributed by atoms with Gasteiger partial charge >= 0.3 is 5.97 Å². The third kappa shape index (κ3) is 2.48. The molecular weight excluding hydrogens is 391 g/mol. The zero-order valence-corrected chi connectivity index (χ0v) is 13.8. The molecule has 0 aromatic carbocycles. The Hall–Kier alpha value is -0.960. The Morgan fingerprint density at radius 1 is 1.50 bits per heavy atom. The third-order valence-corrected chi connectivity index (χ3v) is 5.08. The number of rotatable bonds is 4. The zero-order valence-electron chi connectivity index (χ0n) is 10.8. The Morgan fingerprint density at radius 2 is 2.30 bits per heavy atom. The summed E-state index contributed by atoms with van der Waals surface area (Å²) in [5.74, 6) is 0.247. The van der Waals surface area contributed by atoms with Gasteiger partial charge in [0.15, 0.2) is 5.65 Å². The Balaban J connectivity index is 2.00. The quantitative estimate of drug-likeness (QED) is 0.576. The number of ether oxygens (including phenoxy) is 2. The monoisotopic (exact) mass is 404 g/mol. The lowest BCUT2D eigenvalue weighted by atomic mass is 9.96. The lowest BCUT2D eigenvalue weighted by Crippen LogP contribution is -2.24. The summed E-state index contributed by atoms with van der Waals surface area (Å²) in [5, 5.41) is 0.899. The van der Waals surface area contributed by atoms with Crippen LogP contribution < -0.4 is 4.74 Å². The summed E-state index contributed by atoms with van der Waals surface area (Å²) >= 11 is 2.12. The van der Waals surface area contributed by atoms with E-state index in [0.29, 0.717) is 11.6 Å². The summed E-state index contributed by atoms with van der Waals surface area (Å²) in [6.07, 6.45) is 3.69. The molecule has 20 heavy (non-hydrogen) atoms. The van der Waals surface area contributed by atoms with Crippen LogP contribution in [0, 0.1) is 0 Å². The first-order valence-corrected chi connectivity index (χ1v) is 9.61. The van der Waals surface area contributed by atoms with Crippen molar-refractivity contribution in [1.82, 2.24) is 8.96 Å². The summed E-state index contributed by atoms with van der Waals surface area (Å²) in [5.41, 5.74) is 1.21. The van der Waals surface area contributed by atoms with Crippen LogP contribution in [0.4, 0.5) is 0 Å².